The van der Waals surface area contributed by atoms with Gasteiger partial charge >= 0.3 is 6.03 Å². The molecule has 2 heterocycles. The van der Waals surface area contributed by atoms with E-state index in [1.807, 2.05) is 24.0 Å². The van der Waals surface area contributed by atoms with E-state index in [9.17, 15) is 9.90 Å². The van der Waals surface area contributed by atoms with Gasteiger partial charge in [0.25, 0.3) is 0 Å². The predicted molar refractivity (Wildman–Crippen MR) is 112 cm³/mol. The van der Waals surface area contributed by atoms with E-state index in [4.69, 9.17) is 0 Å². The Morgan fingerprint density at radius 1 is 1.21 bits per heavy atom. The third-order valence-electron chi connectivity index (χ3n) is 5.42. The van der Waals surface area contributed by atoms with Crippen molar-refractivity contribution in [3.05, 3.63) is 71.4 Å². The molecule has 0 unspecified atom stereocenters. The van der Waals surface area contributed by atoms with Crippen molar-refractivity contribution in [1.29, 1.82) is 0 Å². The maximum Gasteiger partial charge on any atom is 0.318 e. The van der Waals surface area contributed by atoms with Crippen LogP contribution in [0.15, 0.2) is 54.6 Å². The average Bonchev–Trinajstić information content (AvgIpc) is 3.03. The quantitative estimate of drug-likeness (QED) is 0.619. The van der Waals surface area contributed by atoms with Crippen LogP contribution in [0.1, 0.15) is 36.2 Å². The molecule has 2 amide bonds. The number of hydrogen-bond acceptors (Lipinski definition) is 2. The maximum atomic E-state index is 12.7. The average molecular weight is 375 g/mol. The molecule has 0 spiro atoms. The smallest absolute Gasteiger partial charge is 0.318 e. The van der Waals surface area contributed by atoms with Crippen molar-refractivity contribution in [1.82, 2.24) is 15.2 Å². The molecule has 0 saturated heterocycles. The summed E-state index contributed by atoms with van der Waals surface area (Å²) in [7, 11) is 0. The Morgan fingerprint density at radius 2 is 2.04 bits per heavy atom. The molecule has 5 heteroatoms. The van der Waals surface area contributed by atoms with E-state index in [0.29, 0.717) is 13.1 Å². The number of urea groups is 1. The Kier molecular flexibility index (Phi) is 4.82. The van der Waals surface area contributed by atoms with Crippen molar-refractivity contribution in [2.24, 2.45) is 0 Å². The second-order valence-corrected chi connectivity index (χ2v) is 7.36. The molecule has 1 atom stereocenters. The minimum Gasteiger partial charge on any atom is -0.508 e. The molecule has 2 aromatic carbocycles. The molecule has 0 aliphatic carbocycles. The van der Waals surface area contributed by atoms with Crippen molar-refractivity contribution in [3.8, 4) is 5.75 Å². The zero-order valence-corrected chi connectivity index (χ0v) is 16.2. The topological polar surface area (TPSA) is 68.4 Å². The number of carbonyl (C=O) groups excluding carboxylic acids is 1. The Labute approximate surface area is 164 Å². The van der Waals surface area contributed by atoms with Crippen LogP contribution in [-0.4, -0.2) is 34.1 Å². The van der Waals surface area contributed by atoms with Gasteiger partial charge in [0.2, 0.25) is 0 Å². The molecule has 0 bridgehead atoms. The summed E-state index contributed by atoms with van der Waals surface area (Å²) in [6.45, 7) is 5.30. The SMILES string of the molecule is Cc1[nH]c2ccccc2c1C1=CCN(C(=O)N[C@H](C)c2cccc(O)c2)CC1. The van der Waals surface area contributed by atoms with E-state index in [1.165, 1.54) is 22.2 Å². The number of para-hydroxylation sites is 1. The zero-order chi connectivity index (χ0) is 19.7. The second-order valence-electron chi connectivity index (χ2n) is 7.36. The van der Waals surface area contributed by atoms with E-state index < -0.39 is 0 Å². The van der Waals surface area contributed by atoms with Gasteiger partial charge in [-0.25, -0.2) is 4.79 Å². The molecule has 1 aliphatic heterocycles. The Hall–Kier alpha value is -3.21. The predicted octanol–water partition coefficient (Wildman–Crippen LogP) is 4.74. The van der Waals surface area contributed by atoms with E-state index in [1.54, 1.807) is 18.2 Å². The van der Waals surface area contributed by atoms with E-state index in [-0.39, 0.29) is 17.8 Å². The number of nitrogens with zero attached hydrogens (tertiary/aromatic N) is 1. The number of H-pyrrole nitrogens is 1. The molecule has 0 saturated carbocycles. The largest absolute Gasteiger partial charge is 0.508 e. The first kappa shape index (κ1) is 18.2. The lowest BCUT2D eigenvalue weighted by molar-refractivity contribution is 0.199. The van der Waals surface area contributed by atoms with Gasteiger partial charge in [0, 0.05) is 35.2 Å². The van der Waals surface area contributed by atoms with Gasteiger partial charge in [-0.3, -0.25) is 0 Å². The second kappa shape index (κ2) is 7.43. The number of fused-ring (bicyclic) bond motifs is 1. The van der Waals surface area contributed by atoms with Crippen LogP contribution >= 0.6 is 0 Å². The number of phenolic OH excluding ortho intramolecular Hbond substituents is 1. The fourth-order valence-corrected chi connectivity index (χ4v) is 3.93. The minimum absolute atomic E-state index is 0.0817. The molecule has 4 rings (SSSR count). The van der Waals surface area contributed by atoms with Crippen LogP contribution in [-0.2, 0) is 0 Å². The number of amides is 2. The number of phenols is 1. The molecule has 1 aliphatic rings. The Bertz CT molecular complexity index is 1050. The number of rotatable bonds is 3. The van der Waals surface area contributed by atoms with Crippen LogP contribution in [0.2, 0.25) is 0 Å². The third kappa shape index (κ3) is 3.48. The zero-order valence-electron chi connectivity index (χ0n) is 16.2. The molecule has 0 radical (unpaired) electrons. The molecule has 0 fully saturated rings. The van der Waals surface area contributed by atoms with Crippen molar-refractivity contribution < 1.29 is 9.90 Å². The molecule has 28 heavy (non-hydrogen) atoms. The minimum atomic E-state index is -0.166. The fourth-order valence-electron chi connectivity index (χ4n) is 3.93. The first-order valence-electron chi connectivity index (χ1n) is 9.64. The van der Waals surface area contributed by atoms with Gasteiger partial charge < -0.3 is 20.3 Å². The van der Waals surface area contributed by atoms with Crippen LogP contribution in [0.25, 0.3) is 16.5 Å². The molecule has 5 nitrogen and oxygen atoms in total. The van der Waals surface area contributed by atoms with Gasteiger partial charge in [-0.2, -0.15) is 0 Å². The summed E-state index contributed by atoms with van der Waals surface area (Å²) in [5.74, 6) is 0.207. The highest BCUT2D eigenvalue weighted by Gasteiger charge is 2.22. The Balaban J connectivity index is 1.46. The molecule has 144 valence electrons. The number of nitrogens with one attached hydrogen (secondary N) is 2. The summed E-state index contributed by atoms with van der Waals surface area (Å²) < 4.78 is 0. The van der Waals surface area contributed by atoms with Crippen LogP contribution in [0.5, 0.6) is 5.75 Å². The number of aryl methyl sites for hydroxylation is 1. The summed E-state index contributed by atoms with van der Waals surface area (Å²) in [6, 6.07) is 15.1. The van der Waals surface area contributed by atoms with Gasteiger partial charge in [0.1, 0.15) is 5.75 Å². The molecular weight excluding hydrogens is 350 g/mol. The van der Waals surface area contributed by atoms with Gasteiger partial charge in [-0.15, -0.1) is 0 Å². The lowest BCUT2D eigenvalue weighted by atomic mass is 9.97. The number of benzene rings is 2. The molecule has 3 N–H and O–H groups in total. The van der Waals surface area contributed by atoms with Crippen LogP contribution in [0, 0.1) is 6.92 Å². The van der Waals surface area contributed by atoms with Crippen molar-refractivity contribution in [2.45, 2.75) is 26.3 Å². The molecule has 3 aromatic rings. The highest BCUT2D eigenvalue weighted by molar-refractivity contribution is 5.94. The number of aromatic hydroxyl groups is 1. The highest BCUT2D eigenvalue weighted by Crippen LogP contribution is 2.32. The maximum absolute atomic E-state index is 12.7. The number of aromatic amines is 1. The van der Waals surface area contributed by atoms with Crippen LogP contribution in [0.4, 0.5) is 4.79 Å². The standard InChI is InChI=1S/C23H25N3O2/c1-15(18-6-5-7-19(27)14-18)25-23(28)26-12-10-17(11-13-26)22-16(2)24-21-9-4-3-8-20(21)22/h3-10,14-15,24,27H,11-13H2,1-2H3,(H,25,28)/t15-/m1/s1. The first-order valence-corrected chi connectivity index (χ1v) is 9.64. The van der Waals surface area contributed by atoms with E-state index >= 15 is 0 Å². The third-order valence-corrected chi connectivity index (χ3v) is 5.42. The lowest BCUT2D eigenvalue weighted by Crippen LogP contribution is -2.43. The number of carbonyl (C=O) groups is 1. The fraction of sp³-hybridized carbons (Fsp3) is 0.261. The lowest BCUT2D eigenvalue weighted by Gasteiger charge is -2.28. The van der Waals surface area contributed by atoms with Gasteiger partial charge in [-0.05, 0) is 49.6 Å². The summed E-state index contributed by atoms with van der Waals surface area (Å²) in [5.41, 5.74) is 5.76. The number of aromatic nitrogens is 1. The normalized spacial score (nSPS) is 15.4. The molecular formula is C23H25N3O2. The Morgan fingerprint density at radius 3 is 2.79 bits per heavy atom. The van der Waals surface area contributed by atoms with Crippen LogP contribution < -0.4 is 5.32 Å². The van der Waals surface area contributed by atoms with Gasteiger partial charge in [-0.1, -0.05) is 36.4 Å². The highest BCUT2D eigenvalue weighted by atomic mass is 16.3. The first-order chi connectivity index (χ1) is 13.5. The summed E-state index contributed by atoms with van der Waals surface area (Å²) in [4.78, 5) is 17.9. The van der Waals surface area contributed by atoms with Crippen molar-refractivity contribution >= 4 is 22.5 Å². The number of hydrogen-bond donors (Lipinski definition) is 3. The van der Waals surface area contributed by atoms with Gasteiger partial charge in [0.05, 0.1) is 6.04 Å². The van der Waals surface area contributed by atoms with Gasteiger partial charge in [0.15, 0.2) is 0 Å². The summed E-state index contributed by atoms with van der Waals surface area (Å²) >= 11 is 0. The van der Waals surface area contributed by atoms with Crippen LogP contribution in [0.3, 0.4) is 0 Å². The molecule has 1 aromatic heterocycles. The summed E-state index contributed by atoms with van der Waals surface area (Å²) in [6.07, 6.45) is 2.99. The summed E-state index contributed by atoms with van der Waals surface area (Å²) in [5, 5.41) is 13.9. The monoisotopic (exact) mass is 375 g/mol. The van der Waals surface area contributed by atoms with Crippen molar-refractivity contribution in [2.75, 3.05) is 13.1 Å². The van der Waals surface area contributed by atoms with E-state index in [0.717, 1.165) is 17.5 Å². The van der Waals surface area contributed by atoms with Crippen molar-refractivity contribution in [3.63, 3.8) is 0 Å². The van der Waals surface area contributed by atoms with E-state index in [2.05, 4.69) is 41.5 Å².